The quantitative estimate of drug-likeness (QED) is 0.673. The Morgan fingerprint density at radius 3 is 2.27 bits per heavy atom. The van der Waals surface area contributed by atoms with Crippen molar-refractivity contribution in [2.45, 2.75) is 19.9 Å². The Labute approximate surface area is 153 Å². The van der Waals surface area contributed by atoms with E-state index in [9.17, 15) is 4.79 Å². The molecule has 5 heteroatoms. The molecule has 1 aromatic heterocycles. The highest BCUT2D eigenvalue weighted by atomic mass is 16.5. The maximum Gasteiger partial charge on any atom is 0.254 e. The van der Waals surface area contributed by atoms with Crippen LogP contribution in [0, 0.1) is 6.92 Å². The molecular formula is C21H23NO4. The van der Waals surface area contributed by atoms with E-state index in [-0.39, 0.29) is 11.9 Å². The van der Waals surface area contributed by atoms with Gasteiger partial charge in [-0.2, -0.15) is 0 Å². The molecule has 0 spiro atoms. The molecule has 26 heavy (non-hydrogen) atoms. The largest absolute Gasteiger partial charge is 0.496 e. The minimum atomic E-state index is -0.215. The van der Waals surface area contributed by atoms with Gasteiger partial charge in [-0.3, -0.25) is 4.79 Å². The first-order valence-electron chi connectivity index (χ1n) is 8.44. The molecule has 0 N–H and O–H groups in total. The second kappa shape index (κ2) is 7.12. The number of hydrogen-bond acceptors (Lipinski definition) is 4. The van der Waals surface area contributed by atoms with Crippen molar-refractivity contribution in [1.29, 1.82) is 0 Å². The summed E-state index contributed by atoms with van der Waals surface area (Å²) in [5.74, 6) is 1.86. The van der Waals surface area contributed by atoms with E-state index in [1.165, 1.54) is 0 Å². The van der Waals surface area contributed by atoms with Crippen molar-refractivity contribution in [3.63, 3.8) is 0 Å². The van der Waals surface area contributed by atoms with E-state index in [0.717, 1.165) is 22.3 Å². The van der Waals surface area contributed by atoms with Crippen LogP contribution < -0.4 is 9.47 Å². The van der Waals surface area contributed by atoms with Gasteiger partial charge in [-0.05, 0) is 38.1 Å². The van der Waals surface area contributed by atoms with E-state index < -0.39 is 0 Å². The second-order valence-electron chi connectivity index (χ2n) is 6.28. The molecule has 5 nitrogen and oxygen atoms in total. The number of carbonyl (C=O) groups is 1. The van der Waals surface area contributed by atoms with Crippen LogP contribution in [0.2, 0.25) is 0 Å². The number of fused-ring (bicyclic) bond motifs is 1. The number of amides is 1. The van der Waals surface area contributed by atoms with Crippen LogP contribution in [0.5, 0.6) is 11.5 Å². The molecule has 0 aliphatic carbocycles. The van der Waals surface area contributed by atoms with E-state index in [4.69, 9.17) is 13.9 Å². The van der Waals surface area contributed by atoms with Crippen molar-refractivity contribution < 1.29 is 18.7 Å². The number of hydrogen-bond donors (Lipinski definition) is 0. The first-order valence-corrected chi connectivity index (χ1v) is 8.44. The Balaban J connectivity index is 1.91. The van der Waals surface area contributed by atoms with Gasteiger partial charge >= 0.3 is 0 Å². The van der Waals surface area contributed by atoms with Crippen molar-refractivity contribution >= 4 is 16.9 Å². The summed E-state index contributed by atoms with van der Waals surface area (Å²) < 4.78 is 16.7. The van der Waals surface area contributed by atoms with Crippen molar-refractivity contribution in [3.05, 3.63) is 59.4 Å². The number of nitrogens with zero attached hydrogens (tertiary/aromatic N) is 1. The second-order valence-corrected chi connectivity index (χ2v) is 6.28. The number of carbonyl (C=O) groups excluding carboxylic acids is 1. The van der Waals surface area contributed by atoms with Crippen molar-refractivity contribution in [1.82, 2.24) is 4.90 Å². The first-order chi connectivity index (χ1) is 12.5. The number of furan rings is 1. The van der Waals surface area contributed by atoms with Crippen LogP contribution in [0.3, 0.4) is 0 Å². The van der Waals surface area contributed by atoms with E-state index in [2.05, 4.69) is 0 Å². The summed E-state index contributed by atoms with van der Waals surface area (Å²) in [6.07, 6.45) is 0. The highest BCUT2D eigenvalue weighted by molar-refractivity contribution is 5.95. The highest BCUT2D eigenvalue weighted by Gasteiger charge is 2.23. The molecule has 1 amide bonds. The zero-order chi connectivity index (χ0) is 18.8. The summed E-state index contributed by atoms with van der Waals surface area (Å²) in [6.45, 7) is 3.84. The average molecular weight is 353 g/mol. The minimum Gasteiger partial charge on any atom is -0.496 e. The smallest absolute Gasteiger partial charge is 0.254 e. The molecule has 1 unspecified atom stereocenters. The molecule has 2 aromatic carbocycles. The molecule has 1 heterocycles. The maximum atomic E-state index is 13.0. The predicted molar refractivity (Wildman–Crippen MR) is 101 cm³/mol. The molecule has 0 saturated heterocycles. The summed E-state index contributed by atoms with van der Waals surface area (Å²) >= 11 is 0. The van der Waals surface area contributed by atoms with Crippen molar-refractivity contribution in [2.24, 2.45) is 0 Å². The van der Waals surface area contributed by atoms with Crippen LogP contribution >= 0.6 is 0 Å². The first kappa shape index (κ1) is 17.9. The van der Waals surface area contributed by atoms with Gasteiger partial charge in [0.1, 0.15) is 22.8 Å². The van der Waals surface area contributed by atoms with Crippen molar-refractivity contribution in [3.8, 4) is 11.5 Å². The molecule has 0 fully saturated rings. The summed E-state index contributed by atoms with van der Waals surface area (Å²) in [5.41, 5.74) is 2.18. The third kappa shape index (κ3) is 3.12. The number of rotatable bonds is 5. The monoisotopic (exact) mass is 353 g/mol. The molecule has 1 atom stereocenters. The summed E-state index contributed by atoms with van der Waals surface area (Å²) in [7, 11) is 4.92. The standard InChI is InChI=1S/C21H23NO4/c1-13-18(24-4)11-16(12-19(13)25-5)21(23)22(3)14(2)20-10-15-8-6-7-9-17(15)26-20/h6-12,14H,1-5H3. The molecule has 3 rings (SSSR count). The Morgan fingerprint density at radius 1 is 1.08 bits per heavy atom. The molecular weight excluding hydrogens is 330 g/mol. The number of methoxy groups -OCH3 is 2. The highest BCUT2D eigenvalue weighted by Crippen LogP contribution is 2.32. The third-order valence-corrected chi connectivity index (χ3v) is 4.76. The van der Waals surface area contributed by atoms with Crippen LogP contribution in [0.4, 0.5) is 0 Å². The van der Waals surface area contributed by atoms with Gasteiger partial charge in [0, 0.05) is 23.6 Å². The van der Waals surface area contributed by atoms with Gasteiger partial charge in [0.25, 0.3) is 5.91 Å². The number of benzene rings is 2. The fraction of sp³-hybridized carbons (Fsp3) is 0.286. The summed E-state index contributed by atoms with van der Waals surface area (Å²) in [6, 6.07) is 13.0. The summed E-state index contributed by atoms with van der Waals surface area (Å²) in [5, 5.41) is 1.02. The molecule has 0 radical (unpaired) electrons. The van der Waals surface area contributed by atoms with E-state index in [1.807, 2.05) is 44.2 Å². The Bertz CT molecular complexity index is 886. The molecule has 136 valence electrons. The lowest BCUT2D eigenvalue weighted by Gasteiger charge is -2.24. The maximum absolute atomic E-state index is 13.0. The molecule has 0 aliphatic heterocycles. The fourth-order valence-corrected chi connectivity index (χ4v) is 2.99. The zero-order valence-electron chi connectivity index (χ0n) is 15.7. The van der Waals surface area contributed by atoms with Crippen LogP contribution in [0.1, 0.15) is 34.6 Å². The van der Waals surface area contributed by atoms with Crippen LogP contribution in [-0.2, 0) is 0 Å². The average Bonchev–Trinajstić information content (AvgIpc) is 3.10. The molecule has 0 saturated carbocycles. The Kier molecular flexibility index (Phi) is 4.89. The van der Waals surface area contributed by atoms with E-state index in [1.54, 1.807) is 38.3 Å². The van der Waals surface area contributed by atoms with Gasteiger partial charge in [0.2, 0.25) is 0 Å². The van der Waals surface area contributed by atoms with Crippen LogP contribution in [0.25, 0.3) is 11.0 Å². The third-order valence-electron chi connectivity index (χ3n) is 4.76. The lowest BCUT2D eigenvalue weighted by molar-refractivity contribution is 0.0726. The van der Waals surface area contributed by atoms with Gasteiger partial charge in [0.15, 0.2) is 0 Å². The Morgan fingerprint density at radius 2 is 1.69 bits per heavy atom. The molecule has 0 bridgehead atoms. The normalized spacial score (nSPS) is 12.0. The molecule has 0 aliphatic rings. The van der Waals surface area contributed by atoms with Gasteiger partial charge in [-0.25, -0.2) is 0 Å². The fourth-order valence-electron chi connectivity index (χ4n) is 2.99. The minimum absolute atomic E-state index is 0.130. The van der Waals surface area contributed by atoms with Gasteiger partial charge in [-0.15, -0.1) is 0 Å². The SMILES string of the molecule is COc1cc(C(=O)N(C)C(C)c2cc3ccccc3o2)cc(OC)c1C. The van der Waals surface area contributed by atoms with Crippen LogP contribution in [-0.4, -0.2) is 32.1 Å². The van der Waals surface area contributed by atoms with Gasteiger partial charge < -0.3 is 18.8 Å². The predicted octanol–water partition coefficient (Wildman–Crippen LogP) is 4.59. The zero-order valence-corrected chi connectivity index (χ0v) is 15.7. The topological polar surface area (TPSA) is 51.9 Å². The number of ether oxygens (including phenoxy) is 2. The van der Waals surface area contributed by atoms with Crippen LogP contribution in [0.15, 0.2) is 46.9 Å². The Hall–Kier alpha value is -2.95. The van der Waals surface area contributed by atoms with Crippen molar-refractivity contribution in [2.75, 3.05) is 21.3 Å². The lowest BCUT2D eigenvalue weighted by atomic mass is 10.1. The van der Waals surface area contributed by atoms with Gasteiger partial charge in [0.05, 0.1) is 20.3 Å². The summed E-state index contributed by atoms with van der Waals surface area (Å²) in [4.78, 5) is 14.6. The lowest BCUT2D eigenvalue weighted by Crippen LogP contribution is -2.29. The molecule has 3 aromatic rings. The van der Waals surface area contributed by atoms with Gasteiger partial charge in [-0.1, -0.05) is 18.2 Å². The number of para-hydroxylation sites is 1. The van der Waals surface area contributed by atoms with E-state index in [0.29, 0.717) is 17.1 Å². The van der Waals surface area contributed by atoms with E-state index >= 15 is 0 Å².